The average Bonchev–Trinajstić information content (AvgIpc) is 3.19. The minimum Gasteiger partial charge on any atom is -0.459 e. The highest BCUT2D eigenvalue weighted by atomic mass is 16.6. The Kier molecular flexibility index (Phi) is 7.13. The van der Waals surface area contributed by atoms with Crippen LogP contribution >= 0.6 is 0 Å². The van der Waals surface area contributed by atoms with Crippen molar-refractivity contribution >= 4 is 17.9 Å². The van der Waals surface area contributed by atoms with Gasteiger partial charge in [0.2, 0.25) is 5.91 Å². The molecule has 3 heterocycles. The van der Waals surface area contributed by atoms with Gasteiger partial charge in [-0.3, -0.25) is 9.59 Å². The molecular formula is C20H30N4O5. The summed E-state index contributed by atoms with van der Waals surface area (Å²) in [6, 6.07) is 3.29. The van der Waals surface area contributed by atoms with Gasteiger partial charge in [-0.15, -0.1) is 0 Å². The standard InChI is InChI=1S/C20H30N4O5/c1-3-28-20(27)24-10-8-23(9-11-24)19(26)15-6-7-16(14-22(2)13-15)21-18(25)17-5-4-12-29-17/h4-5,12,15-16H,3,6-11,13-14H2,1-2H3,(H,21,25)/t15-,16+/m1/s1. The van der Waals surface area contributed by atoms with E-state index in [-0.39, 0.29) is 29.9 Å². The van der Waals surface area contributed by atoms with Gasteiger partial charge < -0.3 is 29.2 Å². The van der Waals surface area contributed by atoms with E-state index in [2.05, 4.69) is 10.2 Å². The van der Waals surface area contributed by atoms with Gasteiger partial charge in [0.25, 0.3) is 5.91 Å². The van der Waals surface area contributed by atoms with E-state index in [1.165, 1.54) is 6.26 Å². The number of amides is 3. The third-order valence-corrected chi connectivity index (χ3v) is 5.47. The normalized spacial score (nSPS) is 23.4. The number of hydrogen-bond donors (Lipinski definition) is 1. The molecule has 0 aromatic carbocycles. The zero-order valence-electron chi connectivity index (χ0n) is 17.1. The van der Waals surface area contributed by atoms with Gasteiger partial charge in [-0.2, -0.15) is 0 Å². The number of furan rings is 1. The van der Waals surface area contributed by atoms with Crippen molar-refractivity contribution < 1.29 is 23.5 Å². The first kappa shape index (κ1) is 21.2. The van der Waals surface area contributed by atoms with E-state index in [0.29, 0.717) is 58.1 Å². The van der Waals surface area contributed by atoms with Gasteiger partial charge in [-0.25, -0.2) is 4.79 Å². The summed E-state index contributed by atoms with van der Waals surface area (Å²) < 4.78 is 10.2. The number of hydrogen-bond acceptors (Lipinski definition) is 6. The lowest BCUT2D eigenvalue weighted by Gasteiger charge is -2.36. The van der Waals surface area contributed by atoms with Crippen LogP contribution in [-0.4, -0.2) is 91.6 Å². The Balaban J connectivity index is 1.50. The maximum atomic E-state index is 13.0. The third-order valence-electron chi connectivity index (χ3n) is 5.47. The van der Waals surface area contributed by atoms with Gasteiger partial charge in [-0.05, 0) is 38.9 Å². The molecule has 0 aliphatic carbocycles. The fraction of sp³-hybridized carbons (Fsp3) is 0.650. The summed E-state index contributed by atoms with van der Waals surface area (Å²) in [7, 11) is 1.97. The van der Waals surface area contributed by atoms with Crippen molar-refractivity contribution in [2.75, 3.05) is 52.9 Å². The van der Waals surface area contributed by atoms with Crippen molar-refractivity contribution in [3.05, 3.63) is 24.2 Å². The van der Waals surface area contributed by atoms with Gasteiger partial charge in [-0.1, -0.05) is 0 Å². The first-order valence-corrected chi connectivity index (χ1v) is 10.2. The monoisotopic (exact) mass is 406 g/mol. The second-order valence-electron chi connectivity index (χ2n) is 7.65. The van der Waals surface area contributed by atoms with Crippen LogP contribution in [0, 0.1) is 5.92 Å². The summed E-state index contributed by atoms with van der Waals surface area (Å²) >= 11 is 0. The average molecular weight is 406 g/mol. The molecule has 0 bridgehead atoms. The number of piperazine rings is 1. The molecule has 0 saturated carbocycles. The Bertz CT molecular complexity index is 700. The molecule has 1 aromatic rings. The van der Waals surface area contributed by atoms with Crippen LogP contribution in [0.4, 0.5) is 4.79 Å². The van der Waals surface area contributed by atoms with E-state index in [4.69, 9.17) is 9.15 Å². The number of nitrogens with zero attached hydrogens (tertiary/aromatic N) is 3. The fourth-order valence-corrected chi connectivity index (χ4v) is 3.98. The van der Waals surface area contributed by atoms with Crippen LogP contribution in [0.15, 0.2) is 22.8 Å². The highest BCUT2D eigenvalue weighted by Gasteiger charge is 2.32. The first-order valence-electron chi connectivity index (χ1n) is 10.2. The minimum atomic E-state index is -0.316. The predicted octanol–water partition coefficient (Wildman–Crippen LogP) is 1.02. The van der Waals surface area contributed by atoms with E-state index < -0.39 is 0 Å². The number of likely N-dealkylation sites (N-methyl/N-ethyl adjacent to an activating group) is 1. The molecule has 2 fully saturated rings. The molecule has 1 N–H and O–H groups in total. The van der Waals surface area contributed by atoms with Crippen LogP contribution in [0.25, 0.3) is 0 Å². The summed E-state index contributed by atoms with van der Waals surface area (Å²) in [6.45, 7) is 5.52. The van der Waals surface area contributed by atoms with Gasteiger partial charge >= 0.3 is 6.09 Å². The number of carbonyl (C=O) groups is 3. The first-order chi connectivity index (χ1) is 14.0. The molecule has 3 amide bonds. The Hall–Kier alpha value is -2.55. The Morgan fingerprint density at radius 3 is 2.52 bits per heavy atom. The van der Waals surface area contributed by atoms with Crippen molar-refractivity contribution in [3.8, 4) is 0 Å². The van der Waals surface area contributed by atoms with E-state index in [9.17, 15) is 14.4 Å². The molecular weight excluding hydrogens is 376 g/mol. The van der Waals surface area contributed by atoms with Gasteiger partial charge in [0.1, 0.15) is 0 Å². The van der Waals surface area contributed by atoms with Crippen molar-refractivity contribution in [1.82, 2.24) is 20.0 Å². The maximum Gasteiger partial charge on any atom is 0.409 e. The van der Waals surface area contributed by atoms with E-state index in [0.717, 1.165) is 6.42 Å². The summed E-state index contributed by atoms with van der Waals surface area (Å²) in [5, 5.41) is 3.00. The molecule has 160 valence electrons. The molecule has 0 radical (unpaired) electrons. The quantitative estimate of drug-likeness (QED) is 0.802. The number of ether oxygens (including phenoxy) is 1. The van der Waals surface area contributed by atoms with Gasteiger partial charge in [0, 0.05) is 45.3 Å². The Morgan fingerprint density at radius 1 is 1.14 bits per heavy atom. The number of carbonyl (C=O) groups excluding carboxylic acids is 3. The summed E-state index contributed by atoms with van der Waals surface area (Å²) in [6.07, 6.45) is 2.61. The molecule has 0 unspecified atom stereocenters. The molecule has 2 atom stereocenters. The molecule has 9 nitrogen and oxygen atoms in total. The molecule has 1 aromatic heterocycles. The minimum absolute atomic E-state index is 0.0314. The van der Waals surface area contributed by atoms with Crippen molar-refractivity contribution in [2.45, 2.75) is 25.8 Å². The zero-order chi connectivity index (χ0) is 20.8. The molecule has 2 aliphatic heterocycles. The van der Waals surface area contributed by atoms with Crippen LogP contribution in [0.5, 0.6) is 0 Å². The van der Waals surface area contributed by atoms with Crippen LogP contribution < -0.4 is 5.32 Å². The molecule has 0 spiro atoms. The third kappa shape index (κ3) is 5.50. The van der Waals surface area contributed by atoms with Crippen molar-refractivity contribution in [3.63, 3.8) is 0 Å². The predicted molar refractivity (Wildman–Crippen MR) is 105 cm³/mol. The molecule has 29 heavy (non-hydrogen) atoms. The van der Waals surface area contributed by atoms with Gasteiger partial charge in [0.15, 0.2) is 5.76 Å². The summed E-state index contributed by atoms with van der Waals surface area (Å²) in [4.78, 5) is 42.7. The van der Waals surface area contributed by atoms with Gasteiger partial charge in [0.05, 0.1) is 18.8 Å². The van der Waals surface area contributed by atoms with Crippen LogP contribution in [0.3, 0.4) is 0 Å². The smallest absolute Gasteiger partial charge is 0.409 e. The number of rotatable bonds is 4. The number of likely N-dealkylation sites (tertiary alicyclic amines) is 1. The second-order valence-corrected chi connectivity index (χ2v) is 7.65. The zero-order valence-corrected chi connectivity index (χ0v) is 17.1. The maximum absolute atomic E-state index is 13.0. The second kappa shape index (κ2) is 9.78. The largest absolute Gasteiger partial charge is 0.459 e. The van der Waals surface area contributed by atoms with Crippen molar-refractivity contribution in [1.29, 1.82) is 0 Å². The van der Waals surface area contributed by atoms with E-state index in [1.54, 1.807) is 24.0 Å². The topological polar surface area (TPSA) is 95.3 Å². The fourth-order valence-electron chi connectivity index (χ4n) is 3.98. The van der Waals surface area contributed by atoms with Crippen LogP contribution in [0.1, 0.15) is 30.3 Å². The Morgan fingerprint density at radius 2 is 1.86 bits per heavy atom. The summed E-state index contributed by atoms with van der Waals surface area (Å²) in [5.41, 5.74) is 0. The molecule has 2 aliphatic rings. The lowest BCUT2D eigenvalue weighted by Crippen LogP contribution is -2.52. The highest BCUT2D eigenvalue weighted by Crippen LogP contribution is 2.20. The highest BCUT2D eigenvalue weighted by molar-refractivity contribution is 5.91. The van der Waals surface area contributed by atoms with Crippen LogP contribution in [0.2, 0.25) is 0 Å². The SMILES string of the molecule is CCOC(=O)N1CCN(C(=O)[C@@H]2CC[C@H](NC(=O)c3ccco3)CN(C)C2)CC1. The molecule has 2 saturated heterocycles. The van der Waals surface area contributed by atoms with E-state index >= 15 is 0 Å². The lowest BCUT2D eigenvalue weighted by molar-refractivity contribution is -0.137. The van der Waals surface area contributed by atoms with Crippen LogP contribution in [-0.2, 0) is 9.53 Å². The van der Waals surface area contributed by atoms with E-state index in [1.807, 2.05) is 11.9 Å². The summed E-state index contributed by atoms with van der Waals surface area (Å²) in [5.74, 6) is 0.0790. The molecule has 9 heteroatoms. The molecule has 3 rings (SSSR count). The number of nitrogens with one attached hydrogen (secondary N) is 1. The van der Waals surface area contributed by atoms with Crippen molar-refractivity contribution in [2.24, 2.45) is 5.92 Å². The lowest BCUT2D eigenvalue weighted by atomic mass is 10.00. The Labute approximate surface area is 170 Å².